The molecule has 4 rings (SSSR count). The Morgan fingerprint density at radius 1 is 1.07 bits per heavy atom. The van der Waals surface area contributed by atoms with Crippen LogP contribution in [0.5, 0.6) is 5.88 Å². The van der Waals surface area contributed by atoms with Crippen molar-refractivity contribution in [3.05, 3.63) is 54.2 Å². The molecule has 0 spiro atoms. The van der Waals surface area contributed by atoms with Crippen LogP contribution in [0.1, 0.15) is 10.4 Å². The van der Waals surface area contributed by atoms with Crippen LogP contribution in [0.2, 0.25) is 0 Å². The van der Waals surface area contributed by atoms with Crippen LogP contribution in [0.25, 0.3) is 11.3 Å². The topological polar surface area (TPSA) is 91.9 Å². The molecule has 1 saturated heterocycles. The second kappa shape index (κ2) is 7.59. The van der Waals surface area contributed by atoms with Crippen LogP contribution >= 0.6 is 0 Å². The number of pyridine rings is 1. The summed E-state index contributed by atoms with van der Waals surface area (Å²) in [7, 11) is 1.59. The van der Waals surface area contributed by atoms with Gasteiger partial charge in [0, 0.05) is 37.8 Å². The predicted octanol–water partition coefficient (Wildman–Crippen LogP) is 2.77. The monoisotopic (exact) mass is 380 g/mol. The molecule has 0 unspecified atom stereocenters. The number of aromatic nitrogens is 2. The summed E-state index contributed by atoms with van der Waals surface area (Å²) in [6, 6.07) is 13.0. The van der Waals surface area contributed by atoms with E-state index in [1.54, 1.807) is 13.3 Å². The molecule has 0 amide bonds. The number of carbonyl (C=O) groups is 1. The lowest BCUT2D eigenvalue weighted by atomic mass is 10.1. The number of benzene rings is 1. The maximum atomic E-state index is 11.9. The lowest BCUT2D eigenvalue weighted by molar-refractivity contribution is 0.0698. The lowest BCUT2D eigenvalue weighted by Gasteiger charge is -2.36. The number of methoxy groups -OCH3 is 1. The molecule has 3 aromatic rings. The van der Waals surface area contributed by atoms with E-state index in [0.717, 1.165) is 18.8 Å². The van der Waals surface area contributed by atoms with Gasteiger partial charge in [-0.3, -0.25) is 0 Å². The third kappa shape index (κ3) is 3.36. The number of carboxylic acids is 1. The van der Waals surface area contributed by atoms with Gasteiger partial charge in [0.05, 0.1) is 19.0 Å². The van der Waals surface area contributed by atoms with Gasteiger partial charge in [-0.2, -0.15) is 0 Å². The molecule has 1 aromatic carbocycles. The molecule has 0 bridgehead atoms. The molecule has 8 nitrogen and oxygen atoms in total. The molecule has 1 aliphatic rings. The molecule has 3 heterocycles. The number of carboxylic acid groups (broad SMARTS) is 1. The maximum absolute atomic E-state index is 11.9. The highest BCUT2D eigenvalue weighted by molar-refractivity contribution is 5.99. The normalized spacial score (nSPS) is 14.2. The first-order chi connectivity index (χ1) is 13.7. The zero-order chi connectivity index (χ0) is 19.5. The first kappa shape index (κ1) is 17.8. The van der Waals surface area contributed by atoms with E-state index in [4.69, 9.17) is 9.26 Å². The number of hydrogen-bond donors (Lipinski definition) is 1. The number of ether oxygens (including phenoxy) is 1. The van der Waals surface area contributed by atoms with Gasteiger partial charge in [-0.15, -0.1) is 0 Å². The number of nitrogens with zero attached hydrogens (tertiary/aromatic N) is 4. The molecule has 0 aliphatic carbocycles. The van der Waals surface area contributed by atoms with Crippen molar-refractivity contribution in [2.24, 2.45) is 0 Å². The van der Waals surface area contributed by atoms with E-state index >= 15 is 0 Å². The van der Waals surface area contributed by atoms with E-state index in [2.05, 4.69) is 15.0 Å². The average molecular weight is 380 g/mol. The molecule has 0 atom stereocenters. The molecule has 8 heteroatoms. The fourth-order valence-electron chi connectivity index (χ4n) is 3.33. The van der Waals surface area contributed by atoms with Crippen molar-refractivity contribution in [2.45, 2.75) is 0 Å². The fraction of sp³-hybridized carbons (Fsp3) is 0.250. The number of anilines is 2. The third-order valence-corrected chi connectivity index (χ3v) is 4.80. The Morgan fingerprint density at radius 3 is 2.39 bits per heavy atom. The second-order valence-corrected chi connectivity index (χ2v) is 6.41. The summed E-state index contributed by atoms with van der Waals surface area (Å²) >= 11 is 0. The summed E-state index contributed by atoms with van der Waals surface area (Å²) in [6.45, 7) is 2.71. The van der Waals surface area contributed by atoms with E-state index < -0.39 is 5.97 Å². The van der Waals surface area contributed by atoms with Crippen molar-refractivity contribution in [1.82, 2.24) is 10.1 Å². The van der Waals surface area contributed by atoms with Crippen molar-refractivity contribution in [3.63, 3.8) is 0 Å². The highest BCUT2D eigenvalue weighted by Crippen LogP contribution is 2.32. The van der Waals surface area contributed by atoms with Crippen LogP contribution in [0.15, 0.2) is 53.2 Å². The van der Waals surface area contributed by atoms with Gasteiger partial charge < -0.3 is 24.2 Å². The van der Waals surface area contributed by atoms with Crippen LogP contribution in [-0.2, 0) is 0 Å². The molecule has 28 heavy (non-hydrogen) atoms. The molecule has 144 valence electrons. The molecule has 1 aliphatic heterocycles. The second-order valence-electron chi connectivity index (χ2n) is 6.41. The van der Waals surface area contributed by atoms with Crippen LogP contribution in [0, 0.1) is 0 Å². The van der Waals surface area contributed by atoms with Crippen molar-refractivity contribution in [3.8, 4) is 17.2 Å². The SMILES string of the molecule is COc1ccc(N2CCN(c3noc(-c4ccccc4)c3C(=O)O)CC2)cn1. The van der Waals surface area contributed by atoms with Gasteiger partial charge in [0.25, 0.3) is 0 Å². The maximum Gasteiger partial charge on any atom is 0.343 e. The first-order valence-corrected chi connectivity index (χ1v) is 8.95. The summed E-state index contributed by atoms with van der Waals surface area (Å²) in [4.78, 5) is 20.3. The smallest absolute Gasteiger partial charge is 0.343 e. The summed E-state index contributed by atoms with van der Waals surface area (Å²) in [5.74, 6) is 0.185. The number of hydrogen-bond acceptors (Lipinski definition) is 7. The van der Waals surface area contributed by atoms with Crippen molar-refractivity contribution in [1.29, 1.82) is 0 Å². The third-order valence-electron chi connectivity index (χ3n) is 4.80. The Bertz CT molecular complexity index is 948. The molecular formula is C20H20N4O4. The minimum atomic E-state index is -1.04. The van der Waals surface area contributed by atoms with Gasteiger partial charge in [-0.25, -0.2) is 9.78 Å². The van der Waals surface area contributed by atoms with Crippen LogP contribution in [0.3, 0.4) is 0 Å². The highest BCUT2D eigenvalue weighted by Gasteiger charge is 2.29. The van der Waals surface area contributed by atoms with E-state index in [9.17, 15) is 9.90 Å². The van der Waals surface area contributed by atoms with Crippen molar-refractivity contribution >= 4 is 17.5 Å². The molecule has 0 radical (unpaired) electrons. The predicted molar refractivity (Wildman–Crippen MR) is 104 cm³/mol. The number of rotatable bonds is 5. The Morgan fingerprint density at radius 2 is 1.79 bits per heavy atom. The van der Waals surface area contributed by atoms with Gasteiger partial charge in [-0.1, -0.05) is 35.5 Å². The Kier molecular flexibility index (Phi) is 4.84. The largest absolute Gasteiger partial charge is 0.481 e. The molecule has 1 fully saturated rings. The van der Waals surface area contributed by atoms with Gasteiger partial charge in [0.15, 0.2) is 17.1 Å². The lowest BCUT2D eigenvalue weighted by Crippen LogP contribution is -2.47. The van der Waals surface area contributed by atoms with E-state index in [0.29, 0.717) is 30.4 Å². The molecule has 2 aromatic heterocycles. The summed E-state index contributed by atoms with van der Waals surface area (Å²) in [5, 5.41) is 13.8. The summed E-state index contributed by atoms with van der Waals surface area (Å²) in [6.07, 6.45) is 1.78. The van der Waals surface area contributed by atoms with Crippen molar-refractivity contribution < 1.29 is 19.2 Å². The first-order valence-electron chi connectivity index (χ1n) is 8.95. The van der Waals surface area contributed by atoms with Crippen LogP contribution in [-0.4, -0.2) is 54.5 Å². The van der Waals surface area contributed by atoms with Crippen LogP contribution < -0.4 is 14.5 Å². The molecule has 0 saturated carbocycles. The zero-order valence-electron chi connectivity index (χ0n) is 15.4. The average Bonchev–Trinajstić information content (AvgIpc) is 3.20. The van der Waals surface area contributed by atoms with E-state index in [1.165, 1.54) is 0 Å². The minimum absolute atomic E-state index is 0.103. The molecular weight excluding hydrogens is 360 g/mol. The van der Waals surface area contributed by atoms with Gasteiger partial charge in [0.2, 0.25) is 5.88 Å². The van der Waals surface area contributed by atoms with Gasteiger partial charge in [0.1, 0.15) is 0 Å². The molecule has 1 N–H and O–H groups in total. The van der Waals surface area contributed by atoms with E-state index in [-0.39, 0.29) is 11.3 Å². The number of piperazine rings is 1. The minimum Gasteiger partial charge on any atom is -0.481 e. The number of aromatic carboxylic acids is 1. The van der Waals surface area contributed by atoms with Gasteiger partial charge in [-0.05, 0) is 6.07 Å². The Labute approximate surface area is 162 Å². The Hall–Kier alpha value is -3.55. The van der Waals surface area contributed by atoms with Gasteiger partial charge >= 0.3 is 5.97 Å². The summed E-state index contributed by atoms with van der Waals surface area (Å²) in [5.41, 5.74) is 1.80. The van der Waals surface area contributed by atoms with Crippen LogP contribution in [0.4, 0.5) is 11.5 Å². The zero-order valence-corrected chi connectivity index (χ0v) is 15.4. The summed E-state index contributed by atoms with van der Waals surface area (Å²) < 4.78 is 10.5. The fourth-order valence-corrected chi connectivity index (χ4v) is 3.33. The quantitative estimate of drug-likeness (QED) is 0.722. The van der Waals surface area contributed by atoms with Crippen molar-refractivity contribution in [2.75, 3.05) is 43.1 Å². The highest BCUT2D eigenvalue weighted by atomic mass is 16.5. The van der Waals surface area contributed by atoms with E-state index in [1.807, 2.05) is 47.4 Å². The Balaban J connectivity index is 1.53. The standard InChI is InChI=1S/C20H20N4O4/c1-27-16-8-7-15(13-21-16)23-9-11-24(12-10-23)19-17(20(25)26)18(28-22-19)14-5-3-2-4-6-14/h2-8,13H,9-12H2,1H3,(H,25,26).